The Kier molecular flexibility index (Phi) is 6.33. The zero-order valence-electron chi connectivity index (χ0n) is 19.9. The Morgan fingerprint density at radius 3 is 1.46 bits per heavy atom. The Bertz CT molecular complexity index is 1510. The van der Waals surface area contributed by atoms with Crippen LogP contribution in [-0.2, 0) is 5.66 Å². The van der Waals surface area contributed by atoms with E-state index in [1.54, 1.807) is 24.3 Å². The molecule has 0 aromatic heterocycles. The van der Waals surface area contributed by atoms with Gasteiger partial charge in [0.25, 0.3) is 0 Å². The molecule has 0 radical (unpaired) electrons. The van der Waals surface area contributed by atoms with E-state index >= 15 is 0 Å². The number of hydrogen-bond donors (Lipinski definition) is 4. The minimum Gasteiger partial charge on any atom is -0.504 e. The van der Waals surface area contributed by atoms with Gasteiger partial charge in [-0.3, -0.25) is 9.98 Å². The first-order valence-corrected chi connectivity index (χ1v) is 12.9. The average Bonchev–Trinajstić information content (AvgIpc) is 3.11. The fraction of sp³-hybridized carbons (Fsp3) is 0.103. The minimum atomic E-state index is -1.30. The number of aliphatic imine (C=N–C) groups is 2. The number of phenols is 4. The lowest BCUT2D eigenvalue weighted by Crippen LogP contribution is -2.21. The first-order chi connectivity index (χ1) is 17.6. The summed E-state index contributed by atoms with van der Waals surface area (Å²) in [5.41, 5.74) is 4.75. The van der Waals surface area contributed by atoms with Gasteiger partial charge in [-0.2, -0.15) is 0 Å². The van der Waals surface area contributed by atoms with E-state index in [1.807, 2.05) is 38.1 Å². The van der Waals surface area contributed by atoms with Gasteiger partial charge in [-0.1, -0.05) is 56.1 Å². The highest BCUT2D eigenvalue weighted by atomic mass is 79.9. The lowest BCUT2D eigenvalue weighted by atomic mass is 9.95. The highest BCUT2D eigenvalue weighted by Gasteiger charge is 2.45. The number of para-hydroxylation sites is 2. The molecule has 0 saturated heterocycles. The van der Waals surface area contributed by atoms with Crippen LogP contribution in [0.1, 0.15) is 33.4 Å². The molecule has 0 fully saturated rings. The van der Waals surface area contributed by atoms with E-state index in [4.69, 9.17) is 9.98 Å². The highest BCUT2D eigenvalue weighted by Crippen LogP contribution is 2.56. The van der Waals surface area contributed by atoms with Crippen LogP contribution in [0.4, 0.5) is 0 Å². The number of aromatic hydroxyl groups is 4. The number of aryl methyl sites for hydroxylation is 2. The van der Waals surface area contributed by atoms with E-state index in [2.05, 4.69) is 31.9 Å². The quantitative estimate of drug-likeness (QED) is 0.144. The maximum Gasteiger partial charge on any atom is 0.202 e. The number of halogens is 2. The maximum atomic E-state index is 10.4. The molecule has 186 valence electrons. The van der Waals surface area contributed by atoms with Gasteiger partial charge in [0.2, 0.25) is 5.66 Å². The van der Waals surface area contributed by atoms with Gasteiger partial charge in [0.1, 0.15) is 0 Å². The molecule has 0 bridgehead atoms. The van der Waals surface area contributed by atoms with Crippen molar-refractivity contribution < 1.29 is 20.4 Å². The summed E-state index contributed by atoms with van der Waals surface area (Å²) in [5, 5.41) is 40.9. The molecule has 0 heterocycles. The molecule has 0 spiro atoms. The van der Waals surface area contributed by atoms with Crippen molar-refractivity contribution in [2.24, 2.45) is 9.98 Å². The van der Waals surface area contributed by atoms with E-state index in [9.17, 15) is 20.4 Å². The number of rotatable bonds is 4. The monoisotopic (exact) mass is 620 g/mol. The summed E-state index contributed by atoms with van der Waals surface area (Å²) < 4.78 is 1.75. The highest BCUT2D eigenvalue weighted by molar-refractivity contribution is 9.11. The molecule has 4 aromatic carbocycles. The molecule has 5 rings (SSSR count). The molecule has 4 aromatic rings. The third kappa shape index (κ3) is 4.20. The summed E-state index contributed by atoms with van der Waals surface area (Å²) in [5.74, 6) is -1.08. The molecule has 1 aliphatic carbocycles. The largest absolute Gasteiger partial charge is 0.504 e. The predicted octanol–water partition coefficient (Wildman–Crippen LogP) is 7.07. The first kappa shape index (κ1) is 25.0. The van der Waals surface area contributed by atoms with Crippen molar-refractivity contribution in [2.45, 2.75) is 19.5 Å². The lowest BCUT2D eigenvalue weighted by molar-refractivity contribution is 0.403. The minimum absolute atomic E-state index is 0.254. The fourth-order valence-corrected chi connectivity index (χ4v) is 6.18. The van der Waals surface area contributed by atoms with E-state index in [0.717, 1.165) is 42.3 Å². The Morgan fingerprint density at radius 2 is 1.05 bits per heavy atom. The summed E-state index contributed by atoms with van der Waals surface area (Å²) in [6.07, 6.45) is 2.97. The Balaban J connectivity index is 1.85. The topological polar surface area (TPSA) is 106 Å². The second kappa shape index (κ2) is 9.36. The third-order valence-corrected chi connectivity index (χ3v) is 7.59. The number of nitrogens with zero attached hydrogens (tertiary/aromatic N) is 2. The van der Waals surface area contributed by atoms with Crippen LogP contribution in [0.15, 0.2) is 79.6 Å². The van der Waals surface area contributed by atoms with Crippen LogP contribution in [-0.4, -0.2) is 32.9 Å². The van der Waals surface area contributed by atoms with Gasteiger partial charge < -0.3 is 20.4 Å². The second-order valence-electron chi connectivity index (χ2n) is 8.96. The van der Waals surface area contributed by atoms with E-state index in [-0.39, 0.29) is 23.0 Å². The van der Waals surface area contributed by atoms with E-state index in [0.29, 0.717) is 11.1 Å². The normalized spacial score (nSPS) is 13.8. The zero-order valence-corrected chi connectivity index (χ0v) is 23.0. The second-order valence-corrected chi connectivity index (χ2v) is 10.7. The van der Waals surface area contributed by atoms with Crippen LogP contribution >= 0.6 is 31.9 Å². The summed E-state index contributed by atoms with van der Waals surface area (Å²) in [7, 11) is 0. The molecule has 0 unspecified atom stereocenters. The van der Waals surface area contributed by atoms with Gasteiger partial charge in [0, 0.05) is 54.8 Å². The van der Waals surface area contributed by atoms with E-state index in [1.165, 1.54) is 24.6 Å². The van der Waals surface area contributed by atoms with Gasteiger partial charge in [-0.15, -0.1) is 0 Å². The van der Waals surface area contributed by atoms with Gasteiger partial charge in [-0.25, -0.2) is 0 Å². The predicted molar refractivity (Wildman–Crippen MR) is 152 cm³/mol. The van der Waals surface area contributed by atoms with Gasteiger partial charge >= 0.3 is 0 Å². The fourth-order valence-electron chi connectivity index (χ4n) is 4.63. The number of benzene rings is 4. The molecule has 0 aliphatic heterocycles. The van der Waals surface area contributed by atoms with Crippen molar-refractivity contribution in [2.75, 3.05) is 0 Å². The molecule has 37 heavy (non-hydrogen) atoms. The molecule has 4 N–H and O–H groups in total. The average molecular weight is 622 g/mol. The van der Waals surface area contributed by atoms with Crippen LogP contribution in [0, 0.1) is 13.8 Å². The number of fused-ring (bicyclic) bond motifs is 3. The van der Waals surface area contributed by atoms with Crippen molar-refractivity contribution in [1.82, 2.24) is 0 Å². The van der Waals surface area contributed by atoms with Crippen molar-refractivity contribution in [3.63, 3.8) is 0 Å². The molecular weight excluding hydrogens is 600 g/mol. The summed E-state index contributed by atoms with van der Waals surface area (Å²) in [6.45, 7) is 3.96. The molecular formula is C29H22Br2N2O4. The van der Waals surface area contributed by atoms with Crippen LogP contribution < -0.4 is 0 Å². The zero-order chi connectivity index (χ0) is 26.5. The molecule has 0 saturated carbocycles. The van der Waals surface area contributed by atoms with Crippen LogP contribution in [0.3, 0.4) is 0 Å². The number of phenolic OH excluding ortho intramolecular Hbond substituents is 4. The Labute approximate surface area is 230 Å². The molecule has 0 amide bonds. The summed E-state index contributed by atoms with van der Waals surface area (Å²) >= 11 is 7.47. The third-order valence-electron chi connectivity index (χ3n) is 6.34. The van der Waals surface area contributed by atoms with Gasteiger partial charge in [-0.05, 0) is 61.4 Å². The van der Waals surface area contributed by atoms with Crippen LogP contribution in [0.25, 0.3) is 11.1 Å². The van der Waals surface area contributed by atoms with Crippen LogP contribution in [0.2, 0.25) is 0 Å². The van der Waals surface area contributed by atoms with Crippen molar-refractivity contribution in [1.29, 1.82) is 0 Å². The van der Waals surface area contributed by atoms with Gasteiger partial charge in [0.05, 0.1) is 0 Å². The molecule has 6 nitrogen and oxygen atoms in total. The van der Waals surface area contributed by atoms with E-state index < -0.39 is 5.66 Å². The Hall–Kier alpha value is -3.62. The van der Waals surface area contributed by atoms with Crippen molar-refractivity contribution in [3.8, 4) is 34.1 Å². The van der Waals surface area contributed by atoms with Crippen molar-refractivity contribution in [3.05, 3.63) is 103 Å². The Morgan fingerprint density at radius 1 is 0.649 bits per heavy atom. The first-order valence-electron chi connectivity index (χ1n) is 11.4. The molecule has 8 heteroatoms. The number of hydrogen-bond acceptors (Lipinski definition) is 6. The molecule has 1 aliphatic rings. The SMILES string of the molecule is Cc1cc(Br)c2c(c1)C(N=Cc1cccc(O)c1O)(N=Cc1cccc(O)c1O)c1cc(C)cc(Br)c1-2. The van der Waals surface area contributed by atoms with Gasteiger partial charge in [0.15, 0.2) is 23.0 Å². The maximum absolute atomic E-state index is 10.4. The summed E-state index contributed by atoms with van der Waals surface area (Å²) in [6, 6.07) is 17.4. The smallest absolute Gasteiger partial charge is 0.202 e. The lowest BCUT2D eigenvalue weighted by Gasteiger charge is -2.24. The molecule has 0 atom stereocenters. The van der Waals surface area contributed by atoms with Crippen LogP contribution in [0.5, 0.6) is 23.0 Å². The van der Waals surface area contributed by atoms with Crippen molar-refractivity contribution >= 4 is 44.3 Å². The summed E-state index contributed by atoms with van der Waals surface area (Å²) in [4.78, 5) is 9.92. The standard InChI is InChI=1S/C29H22Br2N2O4/c1-15-9-19-25(21(30)11-15)26-20(10-16(2)12-22(26)31)29(19,32-13-17-5-3-7-23(34)27(17)36)33-14-18-6-4-8-24(35)28(18)37/h3-14,34-37H,1-2H3.